The summed E-state index contributed by atoms with van der Waals surface area (Å²) in [6, 6.07) is 3.35. The summed E-state index contributed by atoms with van der Waals surface area (Å²) in [4.78, 5) is 0. The van der Waals surface area contributed by atoms with Gasteiger partial charge >= 0.3 is 0 Å². The summed E-state index contributed by atoms with van der Waals surface area (Å²) in [5.41, 5.74) is 0.546. The van der Waals surface area contributed by atoms with Crippen LogP contribution in [0.4, 0.5) is 8.78 Å². The Balaban J connectivity index is 1.45. The molecule has 2 aliphatic carbocycles. The van der Waals surface area contributed by atoms with Gasteiger partial charge in [0.05, 0.1) is 0 Å². The number of allylic oxidation sites excluding steroid dienone is 1. The molecule has 0 bridgehead atoms. The van der Waals surface area contributed by atoms with E-state index in [1.54, 1.807) is 18.2 Å². The van der Waals surface area contributed by atoms with Crippen LogP contribution in [0.25, 0.3) is 0 Å². The molecule has 1 aromatic rings. The number of ether oxygens (including phenoxy) is 1. The van der Waals surface area contributed by atoms with Crippen LogP contribution in [0.2, 0.25) is 0 Å². The topological polar surface area (TPSA) is 9.23 Å². The highest BCUT2D eigenvalue weighted by Gasteiger charge is 2.32. The number of rotatable bonds is 10. The quantitative estimate of drug-likeness (QED) is 0.265. The molecule has 31 heavy (non-hydrogen) atoms. The maximum absolute atomic E-state index is 14.7. The maximum atomic E-state index is 14.7. The Bertz CT molecular complexity index is 682. The Kier molecular flexibility index (Phi) is 9.87. The predicted molar refractivity (Wildman–Crippen MR) is 126 cm³/mol. The molecule has 0 aromatic heterocycles. The van der Waals surface area contributed by atoms with Crippen molar-refractivity contribution in [3.8, 4) is 5.75 Å². The second-order valence-corrected chi connectivity index (χ2v) is 9.90. The van der Waals surface area contributed by atoms with Crippen LogP contribution in [0.3, 0.4) is 0 Å². The molecule has 0 N–H and O–H groups in total. The van der Waals surface area contributed by atoms with Crippen LogP contribution in [0.15, 0.2) is 24.3 Å². The van der Waals surface area contributed by atoms with Gasteiger partial charge in [0.15, 0.2) is 11.6 Å². The first-order chi connectivity index (χ1) is 15.1. The second kappa shape index (κ2) is 12.6. The van der Waals surface area contributed by atoms with E-state index in [1.165, 1.54) is 57.8 Å². The van der Waals surface area contributed by atoms with Crippen molar-refractivity contribution in [2.24, 2.45) is 17.8 Å². The van der Waals surface area contributed by atoms with Gasteiger partial charge in [-0.1, -0.05) is 70.1 Å². The van der Waals surface area contributed by atoms with Crippen LogP contribution in [-0.2, 0) is 0 Å². The van der Waals surface area contributed by atoms with Crippen LogP contribution in [0, 0.1) is 29.4 Å². The summed E-state index contributed by atoms with van der Waals surface area (Å²) < 4.78 is 34.5. The van der Waals surface area contributed by atoms with Crippen LogP contribution >= 0.6 is 0 Å². The Morgan fingerprint density at radius 3 is 2.19 bits per heavy atom. The summed E-state index contributed by atoms with van der Waals surface area (Å²) in [5, 5.41) is 0. The van der Waals surface area contributed by atoms with Crippen molar-refractivity contribution in [3.05, 3.63) is 41.5 Å². The Morgan fingerprint density at radius 2 is 1.55 bits per heavy atom. The van der Waals surface area contributed by atoms with Gasteiger partial charge in [0.1, 0.15) is 6.61 Å². The van der Waals surface area contributed by atoms with E-state index >= 15 is 0 Å². The van der Waals surface area contributed by atoms with E-state index < -0.39 is 11.6 Å². The lowest BCUT2D eigenvalue weighted by atomic mass is 9.68. The fourth-order valence-electron chi connectivity index (χ4n) is 5.92. The molecular weight excluding hydrogens is 390 g/mol. The standard InChI is InChI=1S/C28H42F2O/c1-3-5-7-8-9-21-10-12-22(13-11-21)23-14-16-24(17-15-23)25-18-19-26(28(30)27(25)29)31-20-6-4-2/h4,6,18-19,21-24H,3,5,7-17,20H2,1-2H3/b6-4+. The van der Waals surface area contributed by atoms with E-state index in [2.05, 4.69) is 6.92 Å². The Hall–Kier alpha value is -1.38. The molecule has 174 valence electrons. The number of halogens is 2. The third kappa shape index (κ3) is 6.80. The Morgan fingerprint density at radius 1 is 0.871 bits per heavy atom. The van der Waals surface area contributed by atoms with Gasteiger partial charge in [0.2, 0.25) is 5.82 Å². The van der Waals surface area contributed by atoms with E-state index in [9.17, 15) is 8.78 Å². The number of benzene rings is 1. The highest BCUT2D eigenvalue weighted by Crippen LogP contribution is 2.45. The van der Waals surface area contributed by atoms with Crippen LogP contribution in [0.1, 0.15) is 109 Å². The first kappa shape index (κ1) is 24.3. The van der Waals surface area contributed by atoms with Crippen molar-refractivity contribution >= 4 is 0 Å². The normalized spacial score (nSPS) is 27.0. The summed E-state index contributed by atoms with van der Waals surface area (Å²) in [7, 11) is 0. The SMILES string of the molecule is C/C=C/COc1ccc(C2CCC(C3CCC(CCCCCC)CC3)CC2)c(F)c1F. The average Bonchev–Trinajstić information content (AvgIpc) is 2.80. The minimum atomic E-state index is -0.832. The fraction of sp³-hybridized carbons (Fsp3) is 0.714. The lowest BCUT2D eigenvalue weighted by Gasteiger charge is -2.38. The lowest BCUT2D eigenvalue weighted by molar-refractivity contribution is 0.155. The Labute approximate surface area is 188 Å². The van der Waals surface area contributed by atoms with Crippen molar-refractivity contribution < 1.29 is 13.5 Å². The van der Waals surface area contributed by atoms with Crippen LogP contribution < -0.4 is 4.74 Å². The second-order valence-electron chi connectivity index (χ2n) is 9.90. The molecule has 0 spiro atoms. The van der Waals surface area contributed by atoms with Crippen molar-refractivity contribution in [1.29, 1.82) is 0 Å². The molecule has 0 saturated heterocycles. The van der Waals surface area contributed by atoms with Gasteiger partial charge in [-0.3, -0.25) is 0 Å². The van der Waals surface area contributed by atoms with Crippen molar-refractivity contribution in [1.82, 2.24) is 0 Å². The molecule has 2 fully saturated rings. The molecule has 2 saturated carbocycles. The van der Waals surface area contributed by atoms with Crippen molar-refractivity contribution in [2.45, 2.75) is 103 Å². The molecule has 1 nitrogen and oxygen atoms in total. The molecule has 0 aliphatic heterocycles. The smallest absolute Gasteiger partial charge is 0.200 e. The van der Waals surface area contributed by atoms with Gasteiger partial charge in [-0.15, -0.1) is 0 Å². The van der Waals surface area contributed by atoms with Gasteiger partial charge in [-0.25, -0.2) is 4.39 Å². The molecule has 2 aliphatic rings. The van der Waals surface area contributed by atoms with E-state index in [4.69, 9.17) is 4.74 Å². The highest BCUT2D eigenvalue weighted by atomic mass is 19.2. The number of hydrogen-bond acceptors (Lipinski definition) is 1. The van der Waals surface area contributed by atoms with E-state index in [1.807, 2.05) is 13.0 Å². The summed E-state index contributed by atoms with van der Waals surface area (Å²) >= 11 is 0. The minimum absolute atomic E-state index is 0.0134. The predicted octanol–water partition coefficient (Wildman–Crippen LogP) is 8.97. The van der Waals surface area contributed by atoms with Gasteiger partial charge in [0, 0.05) is 0 Å². The highest BCUT2D eigenvalue weighted by molar-refractivity contribution is 5.33. The summed E-state index contributed by atoms with van der Waals surface area (Å²) in [6.45, 7) is 4.42. The fourth-order valence-corrected chi connectivity index (χ4v) is 5.92. The van der Waals surface area contributed by atoms with Crippen LogP contribution in [-0.4, -0.2) is 6.61 Å². The molecule has 0 unspecified atom stereocenters. The van der Waals surface area contributed by atoms with Crippen LogP contribution in [0.5, 0.6) is 5.75 Å². The summed E-state index contributed by atoms with van der Waals surface area (Å²) in [6.07, 6.45) is 20.4. The maximum Gasteiger partial charge on any atom is 0.200 e. The molecule has 0 atom stereocenters. The minimum Gasteiger partial charge on any atom is -0.486 e. The average molecular weight is 433 g/mol. The number of hydrogen-bond donors (Lipinski definition) is 0. The molecule has 0 heterocycles. The zero-order chi connectivity index (χ0) is 22.1. The van der Waals surface area contributed by atoms with Crippen molar-refractivity contribution in [2.75, 3.05) is 6.61 Å². The van der Waals surface area contributed by atoms with E-state index in [0.717, 1.165) is 43.4 Å². The third-order valence-electron chi connectivity index (χ3n) is 7.88. The molecule has 3 heteroatoms. The number of unbranched alkanes of at least 4 members (excludes halogenated alkanes) is 3. The molecule has 1 aromatic carbocycles. The van der Waals surface area contributed by atoms with Crippen molar-refractivity contribution in [3.63, 3.8) is 0 Å². The summed E-state index contributed by atoms with van der Waals surface area (Å²) in [5.74, 6) is 1.22. The largest absolute Gasteiger partial charge is 0.486 e. The molecular formula is C28H42F2O. The van der Waals surface area contributed by atoms with Gasteiger partial charge < -0.3 is 4.74 Å². The first-order valence-electron chi connectivity index (χ1n) is 12.9. The molecule has 0 radical (unpaired) electrons. The van der Waals surface area contributed by atoms with E-state index in [0.29, 0.717) is 5.56 Å². The monoisotopic (exact) mass is 432 g/mol. The molecule has 3 rings (SSSR count). The zero-order valence-corrected chi connectivity index (χ0v) is 19.7. The zero-order valence-electron chi connectivity index (χ0n) is 19.7. The van der Waals surface area contributed by atoms with Gasteiger partial charge in [-0.05, 0) is 80.8 Å². The molecule has 0 amide bonds. The van der Waals surface area contributed by atoms with Gasteiger partial charge in [0.25, 0.3) is 0 Å². The van der Waals surface area contributed by atoms with Gasteiger partial charge in [-0.2, -0.15) is 4.39 Å². The first-order valence-corrected chi connectivity index (χ1v) is 12.9. The third-order valence-corrected chi connectivity index (χ3v) is 7.88. The van der Waals surface area contributed by atoms with E-state index in [-0.39, 0.29) is 18.3 Å². The lowest BCUT2D eigenvalue weighted by Crippen LogP contribution is -2.25.